The second kappa shape index (κ2) is 10.2. The summed E-state index contributed by atoms with van der Waals surface area (Å²) in [6.45, 7) is 3.52. The summed E-state index contributed by atoms with van der Waals surface area (Å²) in [7, 11) is 1.86. The molecule has 0 fully saturated rings. The number of H-pyrrole nitrogens is 1. The highest BCUT2D eigenvalue weighted by Gasteiger charge is 2.28. The van der Waals surface area contributed by atoms with E-state index in [1.807, 2.05) is 75.5 Å². The van der Waals surface area contributed by atoms with Crippen molar-refractivity contribution in [1.82, 2.24) is 25.2 Å². The summed E-state index contributed by atoms with van der Waals surface area (Å²) in [5.41, 5.74) is 6.68. The Balaban J connectivity index is 1.83. The van der Waals surface area contributed by atoms with Crippen LogP contribution in [0.2, 0.25) is 0 Å². The van der Waals surface area contributed by atoms with Gasteiger partial charge in [0.15, 0.2) is 5.82 Å². The number of rotatable bonds is 8. The van der Waals surface area contributed by atoms with Crippen molar-refractivity contribution >= 4 is 5.82 Å². The zero-order valence-electron chi connectivity index (χ0n) is 19.4. The zero-order chi connectivity index (χ0) is 24.1. The number of benzene rings is 1. The molecule has 0 saturated heterocycles. The van der Waals surface area contributed by atoms with Crippen LogP contribution < -0.4 is 16.0 Å². The normalized spacial score (nSPS) is 12.7. The third kappa shape index (κ3) is 4.62. The van der Waals surface area contributed by atoms with Crippen LogP contribution in [0.5, 0.6) is 0 Å². The molecule has 1 aromatic carbocycles. The molecule has 8 heteroatoms. The number of allylic oxidation sites excluding steroid dienone is 1. The molecule has 0 amide bonds. The minimum absolute atomic E-state index is 0.207. The van der Waals surface area contributed by atoms with Crippen LogP contribution in [0.25, 0.3) is 5.82 Å². The van der Waals surface area contributed by atoms with Crippen molar-refractivity contribution in [2.75, 3.05) is 18.7 Å². The minimum Gasteiger partial charge on any atom is -0.392 e. The Bertz CT molecular complexity index is 1310. The SMILES string of the molecule is C/C(NN(C)c1ccccn1)=C(/CO)C(c1ccccc1)c1c(C)[nH]n(-c2ccccn2)c1=O. The number of aryl methyl sites for hydroxylation is 1. The van der Waals surface area contributed by atoms with E-state index in [4.69, 9.17) is 0 Å². The molecule has 1 unspecified atom stereocenters. The van der Waals surface area contributed by atoms with E-state index >= 15 is 0 Å². The Hall–Kier alpha value is -4.17. The Morgan fingerprint density at radius 3 is 2.35 bits per heavy atom. The standard InChI is InChI=1S/C26H28N6O2/c1-18(29-31(3)22-13-7-9-15-27-22)21(17-33)25(20-11-5-4-6-12-20)24-19(2)30-32(26(24)34)23-14-8-10-16-28-23/h4-16,25,29-30,33H,17H2,1-3H3/b21-18+. The number of nitrogens with one attached hydrogen (secondary N) is 2. The van der Waals surface area contributed by atoms with E-state index in [1.54, 1.807) is 29.5 Å². The molecule has 0 aliphatic carbocycles. The predicted molar refractivity (Wildman–Crippen MR) is 133 cm³/mol. The Morgan fingerprint density at radius 2 is 1.74 bits per heavy atom. The number of hydrogen-bond acceptors (Lipinski definition) is 6. The fourth-order valence-corrected chi connectivity index (χ4v) is 4.09. The molecule has 0 spiro atoms. The van der Waals surface area contributed by atoms with Crippen LogP contribution >= 0.6 is 0 Å². The van der Waals surface area contributed by atoms with Gasteiger partial charge in [0, 0.05) is 36.8 Å². The molecular weight excluding hydrogens is 428 g/mol. The molecule has 1 atom stereocenters. The van der Waals surface area contributed by atoms with Gasteiger partial charge in [-0.2, -0.15) is 0 Å². The summed E-state index contributed by atoms with van der Waals surface area (Å²) in [4.78, 5) is 22.3. The van der Waals surface area contributed by atoms with Gasteiger partial charge in [0.2, 0.25) is 0 Å². The van der Waals surface area contributed by atoms with Crippen molar-refractivity contribution in [3.8, 4) is 5.82 Å². The summed E-state index contributed by atoms with van der Waals surface area (Å²) in [5, 5.41) is 15.5. The third-order valence-electron chi connectivity index (χ3n) is 5.75. The maximum Gasteiger partial charge on any atom is 0.277 e. The van der Waals surface area contributed by atoms with E-state index in [0.717, 1.165) is 17.1 Å². The lowest BCUT2D eigenvalue weighted by Gasteiger charge is -2.26. The van der Waals surface area contributed by atoms with E-state index in [2.05, 4.69) is 20.5 Å². The van der Waals surface area contributed by atoms with E-state index in [0.29, 0.717) is 22.6 Å². The van der Waals surface area contributed by atoms with Crippen LogP contribution in [0.1, 0.15) is 29.7 Å². The number of aliphatic hydroxyl groups excluding tert-OH is 1. The summed E-state index contributed by atoms with van der Waals surface area (Å²) in [6, 6.07) is 20.8. The van der Waals surface area contributed by atoms with E-state index in [9.17, 15) is 9.90 Å². The van der Waals surface area contributed by atoms with Gasteiger partial charge in [-0.15, -0.1) is 0 Å². The first-order valence-electron chi connectivity index (χ1n) is 11.0. The van der Waals surface area contributed by atoms with Gasteiger partial charge in [0.05, 0.1) is 12.2 Å². The minimum atomic E-state index is -0.468. The number of aromatic amines is 1. The van der Waals surface area contributed by atoms with Crippen molar-refractivity contribution in [3.05, 3.63) is 118 Å². The largest absolute Gasteiger partial charge is 0.392 e. The van der Waals surface area contributed by atoms with Gasteiger partial charge >= 0.3 is 0 Å². The lowest BCUT2D eigenvalue weighted by molar-refractivity contribution is 0.322. The quantitative estimate of drug-likeness (QED) is 0.352. The fourth-order valence-electron chi connectivity index (χ4n) is 4.09. The Labute approximate surface area is 198 Å². The fraction of sp³-hybridized carbons (Fsp3) is 0.192. The van der Waals surface area contributed by atoms with Gasteiger partial charge in [-0.25, -0.2) is 14.6 Å². The molecule has 0 aliphatic rings. The Morgan fingerprint density at radius 1 is 1.06 bits per heavy atom. The van der Waals surface area contributed by atoms with E-state index in [-0.39, 0.29) is 12.2 Å². The molecular formula is C26H28N6O2. The van der Waals surface area contributed by atoms with Crippen LogP contribution in [0.4, 0.5) is 5.82 Å². The van der Waals surface area contributed by atoms with Crippen molar-refractivity contribution < 1.29 is 5.11 Å². The number of nitrogens with zero attached hydrogens (tertiary/aromatic N) is 4. The number of pyridine rings is 2. The lowest BCUT2D eigenvalue weighted by Crippen LogP contribution is -2.35. The highest BCUT2D eigenvalue weighted by Crippen LogP contribution is 2.33. The summed E-state index contributed by atoms with van der Waals surface area (Å²) >= 11 is 0. The molecule has 3 aromatic heterocycles. The number of aliphatic hydroxyl groups is 1. The number of hydrazine groups is 1. The number of aromatic nitrogens is 4. The smallest absolute Gasteiger partial charge is 0.277 e. The first-order chi connectivity index (χ1) is 16.5. The molecule has 0 radical (unpaired) electrons. The molecule has 0 aliphatic heterocycles. The highest BCUT2D eigenvalue weighted by molar-refractivity contribution is 5.45. The van der Waals surface area contributed by atoms with Crippen LogP contribution in [0.15, 0.2) is 95.2 Å². The maximum absolute atomic E-state index is 13.6. The molecule has 0 saturated carbocycles. The van der Waals surface area contributed by atoms with E-state index in [1.165, 1.54) is 4.68 Å². The molecule has 0 bridgehead atoms. The van der Waals surface area contributed by atoms with Gasteiger partial charge in [0.1, 0.15) is 5.82 Å². The molecule has 8 nitrogen and oxygen atoms in total. The highest BCUT2D eigenvalue weighted by atomic mass is 16.3. The van der Waals surface area contributed by atoms with Gasteiger partial charge < -0.3 is 10.5 Å². The third-order valence-corrected chi connectivity index (χ3v) is 5.75. The Kier molecular flexibility index (Phi) is 6.89. The number of hydrogen-bond donors (Lipinski definition) is 3. The van der Waals surface area contributed by atoms with Crippen molar-refractivity contribution in [2.45, 2.75) is 19.8 Å². The molecule has 3 N–H and O–H groups in total. The molecule has 34 heavy (non-hydrogen) atoms. The van der Waals surface area contributed by atoms with Gasteiger partial charge in [0.25, 0.3) is 5.56 Å². The average molecular weight is 457 g/mol. The van der Waals surface area contributed by atoms with Gasteiger partial charge in [-0.3, -0.25) is 14.9 Å². The van der Waals surface area contributed by atoms with Gasteiger partial charge in [-0.1, -0.05) is 42.5 Å². The van der Waals surface area contributed by atoms with Crippen LogP contribution in [0, 0.1) is 6.92 Å². The number of anilines is 1. The zero-order valence-corrected chi connectivity index (χ0v) is 19.4. The topological polar surface area (TPSA) is 99.1 Å². The van der Waals surface area contributed by atoms with Crippen LogP contribution in [-0.2, 0) is 0 Å². The molecule has 4 aromatic rings. The second-order valence-corrected chi connectivity index (χ2v) is 7.99. The predicted octanol–water partition coefficient (Wildman–Crippen LogP) is 3.30. The molecule has 174 valence electrons. The van der Waals surface area contributed by atoms with Crippen molar-refractivity contribution in [3.63, 3.8) is 0 Å². The average Bonchev–Trinajstić information content (AvgIpc) is 3.17. The second-order valence-electron chi connectivity index (χ2n) is 7.99. The molecule has 3 heterocycles. The lowest BCUT2D eigenvalue weighted by atomic mass is 9.84. The first kappa shape index (κ1) is 23.0. The van der Waals surface area contributed by atoms with Crippen molar-refractivity contribution in [1.29, 1.82) is 0 Å². The van der Waals surface area contributed by atoms with E-state index < -0.39 is 5.92 Å². The first-order valence-corrected chi connectivity index (χ1v) is 11.0. The summed E-state index contributed by atoms with van der Waals surface area (Å²) < 4.78 is 1.44. The van der Waals surface area contributed by atoms with Crippen LogP contribution in [-0.4, -0.2) is 38.5 Å². The van der Waals surface area contributed by atoms with Crippen molar-refractivity contribution in [2.24, 2.45) is 0 Å². The van der Waals surface area contributed by atoms with Gasteiger partial charge in [-0.05, 0) is 49.2 Å². The maximum atomic E-state index is 13.6. The van der Waals surface area contributed by atoms with Crippen LogP contribution in [0.3, 0.4) is 0 Å². The summed E-state index contributed by atoms with van der Waals surface area (Å²) in [6.07, 6.45) is 3.36. The summed E-state index contributed by atoms with van der Waals surface area (Å²) in [5.74, 6) is 0.767. The monoisotopic (exact) mass is 456 g/mol. The molecule has 4 rings (SSSR count).